The maximum atomic E-state index is 12.6. The van der Waals surface area contributed by atoms with Crippen molar-refractivity contribution < 1.29 is 14.3 Å². The third kappa shape index (κ3) is 2.88. The summed E-state index contributed by atoms with van der Waals surface area (Å²) in [6.07, 6.45) is 0. The van der Waals surface area contributed by atoms with Gasteiger partial charge in [-0.25, -0.2) is 9.31 Å². The van der Waals surface area contributed by atoms with Gasteiger partial charge in [0.05, 0.1) is 29.4 Å². The summed E-state index contributed by atoms with van der Waals surface area (Å²) in [7, 11) is 1.25. The van der Waals surface area contributed by atoms with Crippen molar-refractivity contribution >= 4 is 34.2 Å². The number of H-pyrrole nitrogens is 1. The van der Waals surface area contributed by atoms with Crippen LogP contribution in [0.2, 0.25) is 0 Å². The molecule has 2 aromatic carbocycles. The molecule has 0 spiro atoms. The maximum Gasteiger partial charge on any atom is 0.339 e. The Bertz CT molecular complexity index is 1300. The number of aromatic nitrogens is 4. The maximum absolute atomic E-state index is 12.6. The zero-order valence-corrected chi connectivity index (χ0v) is 15.0. The lowest BCUT2D eigenvalue weighted by Crippen LogP contribution is -2.17. The van der Waals surface area contributed by atoms with Crippen LogP contribution in [0.4, 0.5) is 5.69 Å². The van der Waals surface area contributed by atoms with Crippen LogP contribution in [0.1, 0.15) is 26.5 Å². The van der Waals surface area contributed by atoms with E-state index in [1.165, 1.54) is 17.7 Å². The normalized spacial score (nSPS) is 10.9. The number of ether oxygens (including phenoxy) is 1. The summed E-state index contributed by atoms with van der Waals surface area (Å²) in [5.41, 5.74) is 2.17. The van der Waals surface area contributed by atoms with Crippen LogP contribution in [0.25, 0.3) is 16.7 Å². The summed E-state index contributed by atoms with van der Waals surface area (Å²) in [6.45, 7) is 1.90. The van der Waals surface area contributed by atoms with Gasteiger partial charge in [-0.1, -0.05) is 18.2 Å². The molecule has 0 atom stereocenters. The van der Waals surface area contributed by atoms with Gasteiger partial charge in [0.25, 0.3) is 11.5 Å². The molecule has 9 nitrogen and oxygen atoms in total. The Balaban J connectivity index is 1.77. The predicted octanol–water partition coefficient (Wildman–Crippen LogP) is 1.92. The number of esters is 1. The first-order valence-corrected chi connectivity index (χ1v) is 8.36. The number of para-hydroxylation sites is 1. The smallest absolute Gasteiger partial charge is 0.339 e. The molecule has 4 aromatic rings. The molecule has 0 aliphatic rings. The minimum atomic E-state index is -0.653. The molecule has 1 amide bonds. The number of anilines is 1. The molecule has 2 aromatic heterocycles. The molecule has 28 heavy (non-hydrogen) atoms. The van der Waals surface area contributed by atoms with Gasteiger partial charge in [0.2, 0.25) is 11.5 Å². The molecule has 2 N–H and O–H groups in total. The Hall–Kier alpha value is -4.01. The number of carbonyl (C=O) groups is 2. The number of methoxy groups -OCH3 is 1. The zero-order valence-electron chi connectivity index (χ0n) is 15.0. The molecular formula is C19H15N5O4. The van der Waals surface area contributed by atoms with Crippen molar-refractivity contribution in [1.29, 1.82) is 0 Å². The van der Waals surface area contributed by atoms with E-state index in [2.05, 4.69) is 20.4 Å². The van der Waals surface area contributed by atoms with E-state index in [-0.39, 0.29) is 22.7 Å². The van der Waals surface area contributed by atoms with E-state index in [1.807, 2.05) is 19.1 Å². The first kappa shape index (κ1) is 17.4. The van der Waals surface area contributed by atoms with Gasteiger partial charge in [-0.15, -0.1) is 5.10 Å². The fourth-order valence-electron chi connectivity index (χ4n) is 2.89. The SMILES string of the molecule is COC(=O)c1ccccc1NC(=O)c1nc2c(=O)[nH]c3cc(C)ccc3n2n1. The highest BCUT2D eigenvalue weighted by Crippen LogP contribution is 2.17. The standard InChI is InChI=1S/C19H15N5O4/c1-10-7-8-14-13(9-10)21-18(26)16-22-15(23-24(14)16)17(25)20-12-6-4-3-5-11(12)19(27)28-2/h3-9H,1-2H3,(H,20,25)(H,21,26). The molecule has 2 heterocycles. The zero-order chi connectivity index (χ0) is 19.8. The lowest BCUT2D eigenvalue weighted by Gasteiger charge is -2.07. The van der Waals surface area contributed by atoms with Crippen molar-refractivity contribution in [2.45, 2.75) is 6.92 Å². The number of rotatable bonds is 3. The number of nitrogens with one attached hydrogen (secondary N) is 2. The van der Waals surface area contributed by atoms with Gasteiger partial charge in [0.1, 0.15) is 0 Å². The quantitative estimate of drug-likeness (QED) is 0.527. The fourth-order valence-corrected chi connectivity index (χ4v) is 2.89. The number of benzene rings is 2. The van der Waals surface area contributed by atoms with E-state index >= 15 is 0 Å². The highest BCUT2D eigenvalue weighted by molar-refractivity contribution is 6.06. The van der Waals surface area contributed by atoms with Crippen molar-refractivity contribution in [3.8, 4) is 0 Å². The Labute approximate surface area is 158 Å². The second-order valence-electron chi connectivity index (χ2n) is 6.14. The second kappa shape index (κ2) is 6.62. The van der Waals surface area contributed by atoms with Crippen LogP contribution >= 0.6 is 0 Å². The first-order chi connectivity index (χ1) is 13.5. The Morgan fingerprint density at radius 2 is 1.96 bits per heavy atom. The lowest BCUT2D eigenvalue weighted by molar-refractivity contribution is 0.0602. The summed E-state index contributed by atoms with van der Waals surface area (Å²) in [6, 6.07) is 11.9. The summed E-state index contributed by atoms with van der Waals surface area (Å²) < 4.78 is 6.04. The molecule has 4 rings (SSSR count). The molecule has 9 heteroatoms. The molecule has 0 aliphatic heterocycles. The van der Waals surface area contributed by atoms with E-state index in [9.17, 15) is 14.4 Å². The minimum Gasteiger partial charge on any atom is -0.465 e. The van der Waals surface area contributed by atoms with Crippen molar-refractivity contribution in [2.75, 3.05) is 12.4 Å². The van der Waals surface area contributed by atoms with Crippen molar-refractivity contribution in [2.24, 2.45) is 0 Å². The number of carbonyl (C=O) groups excluding carboxylic acids is 2. The van der Waals surface area contributed by atoms with E-state index in [1.54, 1.807) is 24.3 Å². The molecule has 0 fully saturated rings. The van der Waals surface area contributed by atoms with E-state index in [4.69, 9.17) is 4.74 Å². The minimum absolute atomic E-state index is 0.00255. The van der Waals surface area contributed by atoms with Gasteiger partial charge >= 0.3 is 5.97 Å². The number of fused-ring (bicyclic) bond motifs is 3. The van der Waals surface area contributed by atoms with Crippen LogP contribution in [-0.2, 0) is 4.74 Å². The van der Waals surface area contributed by atoms with Gasteiger partial charge in [-0.05, 0) is 36.8 Å². The van der Waals surface area contributed by atoms with Crippen molar-refractivity contribution in [1.82, 2.24) is 19.6 Å². The van der Waals surface area contributed by atoms with Gasteiger partial charge in [0.15, 0.2) is 0 Å². The van der Waals surface area contributed by atoms with Crippen LogP contribution in [-0.4, -0.2) is 38.6 Å². The van der Waals surface area contributed by atoms with Crippen LogP contribution < -0.4 is 10.9 Å². The molecule has 0 bridgehead atoms. The van der Waals surface area contributed by atoms with Crippen LogP contribution in [0.3, 0.4) is 0 Å². The third-order valence-electron chi connectivity index (χ3n) is 4.22. The molecule has 0 aliphatic carbocycles. The predicted molar refractivity (Wildman–Crippen MR) is 102 cm³/mol. The number of hydrogen-bond acceptors (Lipinski definition) is 6. The van der Waals surface area contributed by atoms with Gasteiger partial charge in [-0.3, -0.25) is 9.59 Å². The molecule has 0 radical (unpaired) electrons. The van der Waals surface area contributed by atoms with Crippen LogP contribution in [0, 0.1) is 6.92 Å². The number of aryl methyl sites for hydroxylation is 1. The number of nitrogens with zero attached hydrogens (tertiary/aromatic N) is 3. The monoisotopic (exact) mass is 377 g/mol. The third-order valence-corrected chi connectivity index (χ3v) is 4.22. The van der Waals surface area contributed by atoms with Gasteiger partial charge < -0.3 is 15.0 Å². The second-order valence-corrected chi connectivity index (χ2v) is 6.14. The summed E-state index contributed by atoms with van der Waals surface area (Å²) in [5, 5.41) is 6.77. The Morgan fingerprint density at radius 1 is 1.18 bits per heavy atom. The molecule has 140 valence electrons. The Morgan fingerprint density at radius 3 is 2.75 bits per heavy atom. The largest absolute Gasteiger partial charge is 0.465 e. The molecule has 0 saturated heterocycles. The van der Waals surface area contributed by atoms with E-state index < -0.39 is 17.4 Å². The summed E-state index contributed by atoms with van der Waals surface area (Å²) in [5.74, 6) is -1.44. The number of hydrogen-bond donors (Lipinski definition) is 2. The Kier molecular flexibility index (Phi) is 4.11. The fraction of sp³-hybridized carbons (Fsp3) is 0.105. The highest BCUT2D eigenvalue weighted by atomic mass is 16.5. The summed E-state index contributed by atoms with van der Waals surface area (Å²) in [4.78, 5) is 43.6. The molecule has 0 unspecified atom stereocenters. The average molecular weight is 377 g/mol. The number of aromatic amines is 1. The van der Waals surface area contributed by atoms with Crippen LogP contribution in [0.15, 0.2) is 47.3 Å². The van der Waals surface area contributed by atoms with Crippen LogP contribution in [0.5, 0.6) is 0 Å². The van der Waals surface area contributed by atoms with E-state index in [0.29, 0.717) is 11.0 Å². The lowest BCUT2D eigenvalue weighted by atomic mass is 10.2. The number of amides is 1. The van der Waals surface area contributed by atoms with Crippen molar-refractivity contribution in [3.63, 3.8) is 0 Å². The average Bonchev–Trinajstić information content (AvgIpc) is 3.14. The molecule has 0 saturated carbocycles. The van der Waals surface area contributed by atoms with E-state index in [0.717, 1.165) is 5.56 Å². The molecular weight excluding hydrogens is 362 g/mol. The summed E-state index contributed by atoms with van der Waals surface area (Å²) >= 11 is 0. The van der Waals surface area contributed by atoms with Crippen molar-refractivity contribution in [3.05, 3.63) is 69.8 Å². The first-order valence-electron chi connectivity index (χ1n) is 8.36. The topological polar surface area (TPSA) is 118 Å². The van der Waals surface area contributed by atoms with Gasteiger partial charge in [-0.2, -0.15) is 4.98 Å². The highest BCUT2D eigenvalue weighted by Gasteiger charge is 2.19. The van der Waals surface area contributed by atoms with Gasteiger partial charge in [0, 0.05) is 0 Å².